The molecule has 4 heteroatoms. The average molecular weight is 258 g/mol. The van der Waals surface area contributed by atoms with Crippen LogP contribution in [0.2, 0.25) is 0 Å². The molecule has 0 heterocycles. The predicted molar refractivity (Wildman–Crippen MR) is 70.4 cm³/mol. The topological polar surface area (TPSA) is 74.6 Å². The fraction of sp³-hybridized carbons (Fsp3) is 0.200. The van der Waals surface area contributed by atoms with Crippen molar-refractivity contribution in [2.75, 3.05) is 0 Å². The van der Waals surface area contributed by atoms with Gasteiger partial charge in [0.1, 0.15) is 5.41 Å². The van der Waals surface area contributed by atoms with Crippen LogP contribution in [0, 0.1) is 11.3 Å². The van der Waals surface area contributed by atoms with Crippen molar-refractivity contribution < 1.29 is 19.8 Å². The van der Waals surface area contributed by atoms with Gasteiger partial charge in [-0.2, -0.15) is 0 Å². The molecule has 4 nitrogen and oxygen atoms in total. The molecule has 0 aliphatic heterocycles. The Hall–Kier alpha value is -2.36. The summed E-state index contributed by atoms with van der Waals surface area (Å²) in [7, 11) is 0. The zero-order chi connectivity index (χ0) is 14.0. The molecule has 1 aliphatic carbocycles. The average Bonchev–Trinajstić information content (AvgIpc) is 2.39. The molecular weight excluding hydrogens is 244 g/mol. The van der Waals surface area contributed by atoms with Gasteiger partial charge < -0.3 is 10.2 Å². The van der Waals surface area contributed by atoms with Crippen LogP contribution in [0.5, 0.6) is 0 Å². The first-order valence-electron chi connectivity index (χ1n) is 5.88. The molecule has 0 bridgehead atoms. The molecule has 2 atom stereocenters. The SMILES string of the molecule is CC1(C(=O)O)C(c2ccccc2)=CC=CC1C(=O)O. The Morgan fingerprint density at radius 1 is 1.16 bits per heavy atom. The number of carboxylic acid groups (broad SMARTS) is 2. The molecule has 1 aromatic carbocycles. The number of carboxylic acids is 2. The Labute approximate surface area is 110 Å². The minimum atomic E-state index is -1.47. The van der Waals surface area contributed by atoms with Crippen molar-refractivity contribution in [2.45, 2.75) is 6.92 Å². The lowest BCUT2D eigenvalue weighted by atomic mass is 9.67. The van der Waals surface area contributed by atoms with Crippen molar-refractivity contribution in [1.82, 2.24) is 0 Å². The summed E-state index contributed by atoms with van der Waals surface area (Å²) < 4.78 is 0. The van der Waals surface area contributed by atoms with Crippen molar-refractivity contribution in [3.05, 3.63) is 54.1 Å². The normalized spacial score (nSPS) is 25.7. The zero-order valence-corrected chi connectivity index (χ0v) is 10.4. The van der Waals surface area contributed by atoms with E-state index in [1.165, 1.54) is 13.0 Å². The van der Waals surface area contributed by atoms with E-state index in [2.05, 4.69) is 0 Å². The number of allylic oxidation sites excluding steroid dienone is 2. The van der Waals surface area contributed by atoms with Crippen LogP contribution in [0.15, 0.2) is 48.6 Å². The van der Waals surface area contributed by atoms with Crippen LogP contribution in [0.25, 0.3) is 5.57 Å². The van der Waals surface area contributed by atoms with Crippen LogP contribution in [-0.2, 0) is 9.59 Å². The Bertz CT molecular complexity index is 571. The molecule has 0 amide bonds. The second kappa shape index (κ2) is 4.72. The number of hydrogen-bond donors (Lipinski definition) is 2. The van der Waals surface area contributed by atoms with E-state index in [-0.39, 0.29) is 0 Å². The first kappa shape index (κ1) is 13.1. The van der Waals surface area contributed by atoms with E-state index in [0.717, 1.165) is 5.56 Å². The van der Waals surface area contributed by atoms with Crippen LogP contribution in [0.1, 0.15) is 12.5 Å². The molecule has 2 rings (SSSR count). The van der Waals surface area contributed by atoms with Crippen LogP contribution >= 0.6 is 0 Å². The molecule has 1 aromatic rings. The highest BCUT2D eigenvalue weighted by molar-refractivity contribution is 5.98. The Morgan fingerprint density at radius 3 is 2.32 bits per heavy atom. The van der Waals surface area contributed by atoms with Gasteiger partial charge >= 0.3 is 11.9 Å². The lowest BCUT2D eigenvalue weighted by Crippen LogP contribution is -2.41. The molecule has 0 saturated heterocycles. The molecule has 0 radical (unpaired) electrons. The summed E-state index contributed by atoms with van der Waals surface area (Å²) in [6.07, 6.45) is 4.69. The molecule has 0 saturated carbocycles. The second-order valence-corrected chi connectivity index (χ2v) is 4.65. The van der Waals surface area contributed by atoms with Gasteiger partial charge in [0.2, 0.25) is 0 Å². The predicted octanol–water partition coefficient (Wildman–Crippen LogP) is 2.43. The first-order valence-corrected chi connectivity index (χ1v) is 5.88. The van der Waals surface area contributed by atoms with Crippen LogP contribution < -0.4 is 0 Å². The van der Waals surface area contributed by atoms with Crippen molar-refractivity contribution in [3.8, 4) is 0 Å². The first-order chi connectivity index (χ1) is 8.98. The summed E-state index contributed by atoms with van der Waals surface area (Å²) in [6.45, 7) is 1.45. The molecule has 1 aliphatic rings. The van der Waals surface area contributed by atoms with E-state index in [4.69, 9.17) is 0 Å². The molecule has 98 valence electrons. The van der Waals surface area contributed by atoms with E-state index >= 15 is 0 Å². The Kier molecular flexibility index (Phi) is 3.25. The lowest BCUT2D eigenvalue weighted by molar-refractivity contribution is -0.155. The maximum absolute atomic E-state index is 11.6. The molecular formula is C15H14O4. The minimum absolute atomic E-state index is 0.510. The molecule has 0 fully saturated rings. The lowest BCUT2D eigenvalue weighted by Gasteiger charge is -2.34. The highest BCUT2D eigenvalue weighted by Gasteiger charge is 2.48. The minimum Gasteiger partial charge on any atom is -0.481 e. The van der Waals surface area contributed by atoms with Gasteiger partial charge in [0, 0.05) is 0 Å². The Morgan fingerprint density at radius 2 is 1.79 bits per heavy atom. The van der Waals surface area contributed by atoms with Crippen molar-refractivity contribution >= 4 is 17.5 Å². The second-order valence-electron chi connectivity index (χ2n) is 4.65. The number of benzene rings is 1. The molecule has 2 N–H and O–H groups in total. The van der Waals surface area contributed by atoms with Crippen molar-refractivity contribution in [1.29, 1.82) is 0 Å². The van der Waals surface area contributed by atoms with Crippen LogP contribution in [-0.4, -0.2) is 22.2 Å². The zero-order valence-electron chi connectivity index (χ0n) is 10.4. The standard InChI is InChI=1S/C15H14O4/c1-15(14(18)19)11(10-6-3-2-4-7-10)8-5-9-12(15)13(16)17/h2-9,12H,1H3,(H,16,17)(H,18,19). The fourth-order valence-corrected chi connectivity index (χ4v) is 2.39. The largest absolute Gasteiger partial charge is 0.481 e. The van der Waals surface area contributed by atoms with Gasteiger partial charge in [-0.15, -0.1) is 0 Å². The number of rotatable bonds is 3. The summed E-state index contributed by atoms with van der Waals surface area (Å²) in [5.41, 5.74) is -0.236. The summed E-state index contributed by atoms with van der Waals surface area (Å²) in [4.78, 5) is 22.9. The third-order valence-corrected chi connectivity index (χ3v) is 3.54. The monoisotopic (exact) mass is 258 g/mol. The summed E-state index contributed by atoms with van der Waals surface area (Å²) >= 11 is 0. The van der Waals surface area contributed by atoms with E-state index in [1.807, 2.05) is 6.07 Å². The molecule has 2 unspecified atom stereocenters. The van der Waals surface area contributed by atoms with Crippen molar-refractivity contribution in [2.24, 2.45) is 11.3 Å². The van der Waals surface area contributed by atoms with Gasteiger partial charge in [-0.1, -0.05) is 48.6 Å². The van der Waals surface area contributed by atoms with E-state index in [1.54, 1.807) is 36.4 Å². The van der Waals surface area contributed by atoms with Gasteiger partial charge in [-0.3, -0.25) is 9.59 Å². The quantitative estimate of drug-likeness (QED) is 0.873. The maximum atomic E-state index is 11.6. The summed E-state index contributed by atoms with van der Waals surface area (Å²) in [5, 5.41) is 18.8. The van der Waals surface area contributed by atoms with Gasteiger partial charge in [0.05, 0.1) is 5.92 Å². The van der Waals surface area contributed by atoms with Crippen LogP contribution in [0.3, 0.4) is 0 Å². The highest BCUT2D eigenvalue weighted by atomic mass is 16.4. The smallest absolute Gasteiger partial charge is 0.315 e. The van der Waals surface area contributed by atoms with Gasteiger partial charge in [-0.05, 0) is 18.1 Å². The van der Waals surface area contributed by atoms with E-state index < -0.39 is 23.3 Å². The van der Waals surface area contributed by atoms with Gasteiger partial charge in [0.15, 0.2) is 0 Å². The molecule has 19 heavy (non-hydrogen) atoms. The third-order valence-electron chi connectivity index (χ3n) is 3.54. The number of hydrogen-bond acceptors (Lipinski definition) is 2. The maximum Gasteiger partial charge on any atom is 0.315 e. The Balaban J connectivity index is 2.59. The van der Waals surface area contributed by atoms with Gasteiger partial charge in [-0.25, -0.2) is 0 Å². The molecule has 0 aromatic heterocycles. The summed E-state index contributed by atoms with van der Waals surface area (Å²) in [6, 6.07) is 8.99. The number of carbonyl (C=O) groups is 2. The third kappa shape index (κ3) is 2.05. The summed E-state index contributed by atoms with van der Waals surface area (Å²) in [5.74, 6) is -3.35. The fourth-order valence-electron chi connectivity index (χ4n) is 2.39. The van der Waals surface area contributed by atoms with Gasteiger partial charge in [0.25, 0.3) is 0 Å². The van der Waals surface area contributed by atoms with E-state index in [0.29, 0.717) is 5.57 Å². The number of aliphatic carboxylic acids is 2. The highest BCUT2D eigenvalue weighted by Crippen LogP contribution is 2.44. The molecule has 0 spiro atoms. The van der Waals surface area contributed by atoms with Crippen molar-refractivity contribution in [3.63, 3.8) is 0 Å². The van der Waals surface area contributed by atoms with E-state index in [9.17, 15) is 19.8 Å². The van der Waals surface area contributed by atoms with Crippen LogP contribution in [0.4, 0.5) is 0 Å².